The van der Waals surface area contributed by atoms with Gasteiger partial charge in [-0.2, -0.15) is 0 Å². The molecule has 0 aliphatic rings. The highest BCUT2D eigenvalue weighted by Crippen LogP contribution is 2.45. The Hall–Kier alpha value is -5.54. The van der Waals surface area contributed by atoms with Crippen molar-refractivity contribution in [3.05, 3.63) is 179 Å². The molecule has 0 unspecified atom stereocenters. The standard InChI is InChI=1S/C54H61N3/c1-8-10-35-56(48-23-17-21-44(37-48)39(3)4)46-31-27-41(28-32-46)52(53-50-25-15-16-26-51(50)55(7)54(53)43-19-13-12-14-20-43)42-29-33-47(34-30-42)57(36-11-9-2)49-24-18-22-45(38-49)40(5)6/h12-34,37-40,52H,8-11,35-36H2,1-7H3. The number of benzene rings is 6. The summed E-state index contributed by atoms with van der Waals surface area (Å²) in [5, 5.41) is 1.29. The highest BCUT2D eigenvalue weighted by Gasteiger charge is 2.27. The lowest BCUT2D eigenvalue weighted by Gasteiger charge is -2.28. The van der Waals surface area contributed by atoms with Crippen LogP contribution in [-0.4, -0.2) is 17.7 Å². The first-order valence-electron chi connectivity index (χ1n) is 21.4. The third kappa shape index (κ3) is 8.59. The summed E-state index contributed by atoms with van der Waals surface area (Å²) in [6.45, 7) is 15.6. The number of aromatic nitrogens is 1. The molecule has 0 fully saturated rings. The molecular weight excluding hydrogens is 691 g/mol. The molecule has 0 aliphatic carbocycles. The fraction of sp³-hybridized carbons (Fsp3) is 0.296. The molecule has 7 aromatic rings. The van der Waals surface area contributed by atoms with E-state index in [4.69, 9.17) is 0 Å². The van der Waals surface area contributed by atoms with Gasteiger partial charge in [0.2, 0.25) is 0 Å². The Labute approximate surface area is 342 Å². The summed E-state index contributed by atoms with van der Waals surface area (Å²) >= 11 is 0. The Kier molecular flexibility index (Phi) is 12.6. The number of para-hydroxylation sites is 1. The lowest BCUT2D eigenvalue weighted by atomic mass is 9.82. The maximum absolute atomic E-state index is 2.51. The van der Waals surface area contributed by atoms with Crippen LogP contribution in [0.5, 0.6) is 0 Å². The predicted molar refractivity (Wildman–Crippen MR) is 247 cm³/mol. The zero-order valence-electron chi connectivity index (χ0n) is 35.3. The number of hydrogen-bond donors (Lipinski definition) is 0. The Balaban J connectivity index is 1.38. The van der Waals surface area contributed by atoms with Crippen molar-refractivity contribution in [2.45, 2.75) is 85.0 Å². The van der Waals surface area contributed by atoms with Gasteiger partial charge in [0.25, 0.3) is 0 Å². The van der Waals surface area contributed by atoms with E-state index in [1.165, 1.54) is 72.7 Å². The molecule has 0 amide bonds. The van der Waals surface area contributed by atoms with Gasteiger partial charge in [-0.15, -0.1) is 0 Å². The second-order valence-electron chi connectivity index (χ2n) is 16.3. The van der Waals surface area contributed by atoms with Crippen LogP contribution in [0.2, 0.25) is 0 Å². The summed E-state index contributed by atoms with van der Waals surface area (Å²) in [6, 6.07) is 57.1. The van der Waals surface area contributed by atoms with Crippen LogP contribution in [0.15, 0.2) is 152 Å². The molecule has 0 bridgehead atoms. The maximum atomic E-state index is 2.51. The molecule has 3 nitrogen and oxygen atoms in total. The van der Waals surface area contributed by atoms with Crippen LogP contribution in [0, 0.1) is 0 Å². The molecule has 0 saturated heterocycles. The molecule has 0 N–H and O–H groups in total. The van der Waals surface area contributed by atoms with E-state index in [9.17, 15) is 0 Å². The molecule has 57 heavy (non-hydrogen) atoms. The Bertz CT molecular complexity index is 2240. The molecule has 0 aliphatic heterocycles. The summed E-state index contributed by atoms with van der Waals surface area (Å²) in [5.41, 5.74) is 15.4. The van der Waals surface area contributed by atoms with Gasteiger partial charge in [-0.3, -0.25) is 0 Å². The van der Waals surface area contributed by atoms with Crippen molar-refractivity contribution in [1.29, 1.82) is 0 Å². The highest BCUT2D eigenvalue weighted by atomic mass is 15.1. The van der Waals surface area contributed by atoms with Crippen LogP contribution >= 0.6 is 0 Å². The van der Waals surface area contributed by atoms with Gasteiger partial charge in [-0.25, -0.2) is 0 Å². The molecule has 0 spiro atoms. The second-order valence-corrected chi connectivity index (χ2v) is 16.3. The summed E-state index contributed by atoms with van der Waals surface area (Å²) in [7, 11) is 2.23. The summed E-state index contributed by atoms with van der Waals surface area (Å²) in [5.74, 6) is 0.975. The van der Waals surface area contributed by atoms with Crippen LogP contribution < -0.4 is 9.80 Å². The zero-order chi connectivity index (χ0) is 39.9. The molecule has 0 atom stereocenters. The highest BCUT2D eigenvalue weighted by molar-refractivity contribution is 5.93. The van der Waals surface area contributed by atoms with Crippen molar-refractivity contribution < 1.29 is 0 Å². The minimum absolute atomic E-state index is 0.0103. The SMILES string of the molecule is CCCCN(c1ccc(C(c2ccc(N(CCCC)c3cccc(C(C)C)c3)cc2)c2c(-c3ccccc3)n(C)c3ccccc23)cc1)c1cccc(C(C)C)c1. The topological polar surface area (TPSA) is 11.4 Å². The van der Waals surface area contributed by atoms with Crippen LogP contribution in [0.4, 0.5) is 22.7 Å². The number of rotatable bonds is 16. The van der Waals surface area contributed by atoms with Crippen LogP contribution in [0.1, 0.15) is 113 Å². The monoisotopic (exact) mass is 751 g/mol. The smallest absolute Gasteiger partial charge is 0.0530 e. The van der Waals surface area contributed by atoms with E-state index < -0.39 is 0 Å². The van der Waals surface area contributed by atoms with E-state index in [0.29, 0.717) is 11.8 Å². The minimum atomic E-state index is 0.0103. The Morgan fingerprint density at radius 2 is 0.947 bits per heavy atom. The largest absolute Gasteiger partial charge is 0.343 e. The predicted octanol–water partition coefficient (Wildman–Crippen LogP) is 15.1. The number of unbranched alkanes of at least 4 members (excludes halogenated alkanes) is 2. The summed E-state index contributed by atoms with van der Waals surface area (Å²) in [4.78, 5) is 5.02. The van der Waals surface area contributed by atoms with Crippen molar-refractivity contribution in [3.63, 3.8) is 0 Å². The van der Waals surface area contributed by atoms with Gasteiger partial charge < -0.3 is 14.4 Å². The minimum Gasteiger partial charge on any atom is -0.343 e. The number of fused-ring (bicyclic) bond motifs is 1. The normalized spacial score (nSPS) is 11.6. The van der Waals surface area contributed by atoms with Crippen molar-refractivity contribution in [2.75, 3.05) is 22.9 Å². The van der Waals surface area contributed by atoms with E-state index >= 15 is 0 Å². The molecular formula is C54H61N3. The van der Waals surface area contributed by atoms with Crippen LogP contribution in [0.3, 0.4) is 0 Å². The van der Waals surface area contributed by atoms with Gasteiger partial charge in [-0.05, 0) is 113 Å². The fourth-order valence-electron chi connectivity index (χ4n) is 8.43. The fourth-order valence-corrected chi connectivity index (χ4v) is 8.43. The molecule has 0 radical (unpaired) electrons. The average molecular weight is 752 g/mol. The summed E-state index contributed by atoms with van der Waals surface area (Å²) < 4.78 is 2.40. The van der Waals surface area contributed by atoms with Gasteiger partial charge in [0.15, 0.2) is 0 Å². The lowest BCUT2D eigenvalue weighted by Crippen LogP contribution is -2.19. The van der Waals surface area contributed by atoms with Gasteiger partial charge in [-0.1, -0.05) is 151 Å². The van der Waals surface area contributed by atoms with Crippen molar-refractivity contribution >= 4 is 33.7 Å². The number of anilines is 4. The number of aryl methyl sites for hydroxylation is 1. The van der Waals surface area contributed by atoms with Crippen molar-refractivity contribution in [1.82, 2.24) is 4.57 Å². The van der Waals surface area contributed by atoms with E-state index in [1.54, 1.807) is 0 Å². The number of nitrogens with zero attached hydrogens (tertiary/aromatic N) is 3. The van der Waals surface area contributed by atoms with Gasteiger partial charge in [0, 0.05) is 59.7 Å². The first kappa shape index (κ1) is 39.7. The van der Waals surface area contributed by atoms with E-state index in [-0.39, 0.29) is 5.92 Å². The molecule has 292 valence electrons. The van der Waals surface area contributed by atoms with E-state index in [2.05, 4.69) is 215 Å². The molecule has 3 heteroatoms. The van der Waals surface area contributed by atoms with Crippen LogP contribution in [-0.2, 0) is 7.05 Å². The average Bonchev–Trinajstić information content (AvgIpc) is 3.54. The van der Waals surface area contributed by atoms with Gasteiger partial charge in [0.05, 0.1) is 5.69 Å². The van der Waals surface area contributed by atoms with E-state index in [1.807, 2.05) is 0 Å². The van der Waals surface area contributed by atoms with Crippen molar-refractivity contribution in [2.24, 2.45) is 7.05 Å². The number of hydrogen-bond acceptors (Lipinski definition) is 2. The van der Waals surface area contributed by atoms with Gasteiger partial charge >= 0.3 is 0 Å². The van der Waals surface area contributed by atoms with E-state index in [0.717, 1.165) is 38.8 Å². The third-order valence-corrected chi connectivity index (χ3v) is 11.7. The zero-order valence-corrected chi connectivity index (χ0v) is 35.3. The Morgan fingerprint density at radius 1 is 0.474 bits per heavy atom. The first-order chi connectivity index (χ1) is 27.8. The molecule has 1 aromatic heterocycles. The molecule has 7 rings (SSSR count). The Morgan fingerprint density at radius 3 is 1.42 bits per heavy atom. The molecule has 1 heterocycles. The maximum Gasteiger partial charge on any atom is 0.0530 e. The summed E-state index contributed by atoms with van der Waals surface area (Å²) in [6.07, 6.45) is 4.57. The van der Waals surface area contributed by atoms with Crippen LogP contribution in [0.25, 0.3) is 22.2 Å². The molecule has 6 aromatic carbocycles. The molecule has 0 saturated carbocycles. The lowest BCUT2D eigenvalue weighted by molar-refractivity contribution is 0.783. The first-order valence-corrected chi connectivity index (χ1v) is 21.4. The second kappa shape index (κ2) is 18.2. The quantitative estimate of drug-likeness (QED) is 0.0974. The van der Waals surface area contributed by atoms with Gasteiger partial charge in [0.1, 0.15) is 0 Å². The van der Waals surface area contributed by atoms with Crippen molar-refractivity contribution in [3.8, 4) is 11.3 Å². The third-order valence-electron chi connectivity index (χ3n) is 11.7.